The minimum absolute atomic E-state index is 0.0303. The number of carbonyl (C=O) groups excluding carboxylic acids is 1. The van der Waals surface area contributed by atoms with Crippen molar-refractivity contribution in [1.29, 1.82) is 0 Å². The van der Waals surface area contributed by atoms with Gasteiger partial charge in [0.1, 0.15) is 12.4 Å². The van der Waals surface area contributed by atoms with Crippen LogP contribution in [0.1, 0.15) is 25.8 Å². The Morgan fingerprint density at radius 2 is 1.80 bits per heavy atom. The van der Waals surface area contributed by atoms with Crippen LogP contribution in [-0.4, -0.2) is 34.0 Å². The molecule has 1 rings (SSSR count). The summed E-state index contributed by atoms with van der Waals surface area (Å²) in [6.07, 6.45) is -0.160. The molecule has 8 nitrogen and oxygen atoms in total. The van der Waals surface area contributed by atoms with Crippen molar-refractivity contribution >= 4 is 22.0 Å². The predicted molar refractivity (Wildman–Crippen MR) is 92.1 cm³/mol. The second-order valence-corrected chi connectivity index (χ2v) is 7.10. The highest BCUT2D eigenvalue weighted by Crippen LogP contribution is 2.49. The van der Waals surface area contributed by atoms with Crippen molar-refractivity contribution in [2.75, 3.05) is 19.8 Å². The molecular formula is C15H23BNO7P. The van der Waals surface area contributed by atoms with Gasteiger partial charge in [-0.3, -0.25) is 9.05 Å². The quantitative estimate of drug-likeness (QED) is 0.342. The Morgan fingerprint density at radius 1 is 1.16 bits per heavy atom. The van der Waals surface area contributed by atoms with Gasteiger partial charge in [-0.1, -0.05) is 26.0 Å². The number of benzene rings is 1. The van der Waals surface area contributed by atoms with Crippen molar-refractivity contribution in [2.45, 2.75) is 26.9 Å². The van der Waals surface area contributed by atoms with Gasteiger partial charge in [0.2, 0.25) is 0 Å². The van der Waals surface area contributed by atoms with Gasteiger partial charge in [0, 0.05) is 0 Å². The van der Waals surface area contributed by atoms with E-state index in [0.29, 0.717) is 17.9 Å². The minimum Gasteiger partial charge on any atom is -0.445 e. The molecule has 25 heavy (non-hydrogen) atoms. The van der Waals surface area contributed by atoms with E-state index in [1.165, 1.54) is 0 Å². The number of amides is 1. The lowest BCUT2D eigenvalue weighted by Gasteiger charge is -2.19. The number of hydrogen-bond acceptors (Lipinski definition) is 7. The van der Waals surface area contributed by atoms with Crippen LogP contribution in [0.5, 0.6) is 5.75 Å². The van der Waals surface area contributed by atoms with Gasteiger partial charge in [0.05, 0.1) is 19.8 Å². The van der Waals surface area contributed by atoms with Crippen LogP contribution in [0, 0.1) is 5.92 Å². The first-order chi connectivity index (χ1) is 11.8. The fraction of sp³-hybridized carbons (Fsp3) is 0.533. The zero-order chi connectivity index (χ0) is 18.7. The zero-order valence-corrected chi connectivity index (χ0v) is 15.3. The lowest BCUT2D eigenvalue weighted by atomic mass is 10.2. The first-order valence-corrected chi connectivity index (χ1v) is 9.22. The topological polar surface area (TPSA) is 106 Å². The molecule has 0 aliphatic carbocycles. The van der Waals surface area contributed by atoms with Crippen molar-refractivity contribution < 1.29 is 32.3 Å². The molecule has 2 radical (unpaired) electrons. The molecule has 1 amide bonds. The number of rotatable bonds is 12. The van der Waals surface area contributed by atoms with Crippen LogP contribution in [-0.2, 0) is 29.6 Å². The summed E-state index contributed by atoms with van der Waals surface area (Å²) in [5.41, 5.74) is 5.60. The Balaban J connectivity index is 2.68. The van der Waals surface area contributed by atoms with Gasteiger partial charge in [-0.2, -0.15) is 0 Å². The first kappa shape index (κ1) is 21.5. The fourth-order valence-corrected chi connectivity index (χ4v) is 2.80. The maximum absolute atomic E-state index is 12.7. The molecule has 138 valence electrons. The Kier molecular flexibility index (Phi) is 9.59. The second kappa shape index (κ2) is 11.2. The van der Waals surface area contributed by atoms with Crippen LogP contribution < -0.4 is 10.3 Å². The van der Waals surface area contributed by atoms with Crippen molar-refractivity contribution in [2.24, 2.45) is 11.7 Å². The molecule has 2 N–H and O–H groups in total. The van der Waals surface area contributed by atoms with Gasteiger partial charge in [-0.05, 0) is 30.0 Å². The van der Waals surface area contributed by atoms with Crippen molar-refractivity contribution in [3.05, 3.63) is 29.8 Å². The number of phosphoric acid groups is 1. The molecule has 1 aromatic carbocycles. The molecular weight excluding hydrogens is 348 g/mol. The molecule has 10 heteroatoms. The Bertz CT molecular complexity index is 568. The summed E-state index contributed by atoms with van der Waals surface area (Å²) in [5.74, 6) is 0.662. The number of ether oxygens (including phenoxy) is 1. The molecule has 0 saturated heterocycles. The van der Waals surface area contributed by atoms with E-state index in [0.717, 1.165) is 0 Å². The molecule has 0 heterocycles. The average Bonchev–Trinajstić information content (AvgIpc) is 2.54. The van der Waals surface area contributed by atoms with E-state index in [2.05, 4.69) is 9.39 Å². The lowest BCUT2D eigenvalue weighted by molar-refractivity contribution is 0.132. The van der Waals surface area contributed by atoms with Gasteiger partial charge in [-0.25, -0.2) is 9.36 Å². The zero-order valence-electron chi connectivity index (χ0n) is 14.4. The molecule has 1 aromatic rings. The summed E-state index contributed by atoms with van der Waals surface area (Å²) in [5, 5.41) is 0. The highest BCUT2D eigenvalue weighted by molar-refractivity contribution is 7.48. The molecule has 1 unspecified atom stereocenters. The second-order valence-electron chi connectivity index (χ2n) is 5.51. The monoisotopic (exact) mass is 371 g/mol. The Morgan fingerprint density at radius 3 is 2.36 bits per heavy atom. The first-order valence-electron chi connectivity index (χ1n) is 7.76. The van der Waals surface area contributed by atoms with E-state index in [9.17, 15) is 9.36 Å². The third-order valence-electron chi connectivity index (χ3n) is 2.92. The molecule has 0 aliphatic heterocycles. The van der Waals surface area contributed by atoms with E-state index in [1.807, 2.05) is 13.8 Å². The smallest absolute Gasteiger partial charge is 0.445 e. The van der Waals surface area contributed by atoms with Gasteiger partial charge >= 0.3 is 13.9 Å². The number of carbonyl (C=O) groups is 1. The van der Waals surface area contributed by atoms with Gasteiger partial charge < -0.3 is 19.6 Å². The number of nitrogens with two attached hydrogens (primary N) is 1. The van der Waals surface area contributed by atoms with Gasteiger partial charge in [0.15, 0.2) is 0 Å². The molecule has 0 saturated carbocycles. The van der Waals surface area contributed by atoms with Crippen LogP contribution >= 0.6 is 7.82 Å². The van der Waals surface area contributed by atoms with E-state index in [1.54, 1.807) is 24.3 Å². The van der Waals surface area contributed by atoms with Crippen molar-refractivity contribution in [3.8, 4) is 5.75 Å². The molecule has 1 atom stereocenters. The van der Waals surface area contributed by atoms with Gasteiger partial charge in [-0.15, -0.1) is 0 Å². The molecule has 0 spiro atoms. The average molecular weight is 371 g/mol. The number of phosphoric ester groups is 1. The predicted octanol–water partition coefficient (Wildman–Crippen LogP) is 2.95. The van der Waals surface area contributed by atoms with E-state index >= 15 is 0 Å². The van der Waals surface area contributed by atoms with Crippen LogP contribution in [0.15, 0.2) is 24.3 Å². The van der Waals surface area contributed by atoms with Crippen molar-refractivity contribution in [1.82, 2.24) is 0 Å². The maximum atomic E-state index is 12.7. The van der Waals surface area contributed by atoms with Crippen LogP contribution in [0.25, 0.3) is 0 Å². The third kappa shape index (κ3) is 9.50. The summed E-state index contributed by atoms with van der Waals surface area (Å²) in [4.78, 5) is 10.6. The van der Waals surface area contributed by atoms with Gasteiger partial charge in [0.25, 0.3) is 8.05 Å². The van der Waals surface area contributed by atoms with E-state index < -0.39 is 13.9 Å². The summed E-state index contributed by atoms with van der Waals surface area (Å²) in [7, 11) is 1.11. The minimum atomic E-state index is -3.81. The number of primary amides is 1. The molecule has 0 bridgehead atoms. The van der Waals surface area contributed by atoms with Crippen LogP contribution in [0.3, 0.4) is 0 Å². The van der Waals surface area contributed by atoms with Crippen molar-refractivity contribution in [3.63, 3.8) is 0 Å². The molecule has 0 aromatic heterocycles. The summed E-state index contributed by atoms with van der Waals surface area (Å²) < 4.78 is 37.7. The summed E-state index contributed by atoms with van der Waals surface area (Å²) in [6.45, 7) is 4.30. The lowest BCUT2D eigenvalue weighted by Crippen LogP contribution is -2.12. The largest absolute Gasteiger partial charge is 0.530 e. The third-order valence-corrected chi connectivity index (χ3v) is 4.35. The number of hydrogen-bond donors (Lipinski definition) is 1. The van der Waals surface area contributed by atoms with E-state index in [-0.39, 0.29) is 32.2 Å². The van der Waals surface area contributed by atoms with E-state index in [4.69, 9.17) is 27.4 Å². The normalized spacial score (nSPS) is 13.4. The highest BCUT2D eigenvalue weighted by Gasteiger charge is 2.28. The SMILES string of the molecule is [B]OCCOP(=O)(OCCC(C)C)Oc1ccc(COC(N)=O)cc1. The molecule has 0 aliphatic rings. The Hall–Kier alpha value is -1.54. The maximum Gasteiger partial charge on any atom is 0.530 e. The van der Waals surface area contributed by atoms with Crippen LogP contribution in [0.2, 0.25) is 0 Å². The summed E-state index contributed by atoms with van der Waals surface area (Å²) >= 11 is 0. The Labute approximate surface area is 149 Å². The van der Waals surface area contributed by atoms with Crippen LogP contribution in [0.4, 0.5) is 4.79 Å². The summed E-state index contributed by atoms with van der Waals surface area (Å²) in [6, 6.07) is 6.39. The fourth-order valence-electron chi connectivity index (χ4n) is 1.62. The standard InChI is InChI=1S/C15H23BNO7P/c1-12(2)7-8-22-25(19,23-10-9-21-16)24-14-5-3-13(4-6-14)11-20-15(17)18/h3-6,12H,7-11H2,1-2H3,(H2,17,18). The molecule has 0 fully saturated rings. The highest BCUT2D eigenvalue weighted by atomic mass is 31.2.